The van der Waals surface area contributed by atoms with Crippen molar-refractivity contribution in [3.05, 3.63) is 54.6 Å². The third-order valence-corrected chi connectivity index (χ3v) is 3.05. The molecule has 2 rings (SSSR count). The Hall–Kier alpha value is -2.16. The number of nitrogens with one attached hydrogen (secondary N) is 1. The van der Waals surface area contributed by atoms with Gasteiger partial charge in [-0.15, -0.1) is 0 Å². The van der Waals surface area contributed by atoms with Crippen LogP contribution in [0.3, 0.4) is 0 Å². The molecule has 0 amide bonds. The van der Waals surface area contributed by atoms with E-state index in [-0.39, 0.29) is 0 Å². The molecule has 19 heavy (non-hydrogen) atoms. The highest BCUT2D eigenvalue weighted by atomic mass is 16.5. The zero-order valence-electron chi connectivity index (χ0n) is 11.5. The Balaban J connectivity index is 1.89. The molecule has 100 valence electrons. The van der Waals surface area contributed by atoms with Gasteiger partial charge in [-0.3, -0.25) is 0 Å². The van der Waals surface area contributed by atoms with Crippen molar-refractivity contribution in [2.75, 3.05) is 37.5 Å². The average molecular weight is 256 g/mol. The minimum Gasteiger partial charge on any atom is -0.495 e. The second-order valence-corrected chi connectivity index (χ2v) is 4.39. The second-order valence-electron chi connectivity index (χ2n) is 4.39. The van der Waals surface area contributed by atoms with Crippen LogP contribution in [0, 0.1) is 0 Å². The molecule has 3 heteroatoms. The Morgan fingerprint density at radius 3 is 2.42 bits per heavy atom. The molecular weight excluding hydrogens is 236 g/mol. The quantitative estimate of drug-likeness (QED) is 0.858. The van der Waals surface area contributed by atoms with E-state index in [9.17, 15) is 0 Å². The smallest absolute Gasteiger partial charge is 0.142 e. The molecule has 0 heterocycles. The third kappa shape index (κ3) is 3.65. The molecule has 2 aromatic carbocycles. The molecule has 3 nitrogen and oxygen atoms in total. The van der Waals surface area contributed by atoms with Gasteiger partial charge in [0.1, 0.15) is 5.75 Å². The minimum atomic E-state index is 0.887. The van der Waals surface area contributed by atoms with Crippen LogP contribution in [0.5, 0.6) is 5.75 Å². The van der Waals surface area contributed by atoms with Crippen molar-refractivity contribution < 1.29 is 4.74 Å². The predicted octanol–water partition coefficient (Wildman–Crippen LogP) is 3.24. The summed E-state index contributed by atoms with van der Waals surface area (Å²) in [7, 11) is 3.78. The number of likely N-dealkylation sites (N-methyl/N-ethyl adjacent to an activating group) is 1. The second kappa shape index (κ2) is 6.69. The van der Waals surface area contributed by atoms with Crippen LogP contribution in [0.15, 0.2) is 54.6 Å². The van der Waals surface area contributed by atoms with E-state index in [2.05, 4.69) is 35.5 Å². The Kier molecular flexibility index (Phi) is 4.67. The van der Waals surface area contributed by atoms with Gasteiger partial charge in [-0.2, -0.15) is 0 Å². The number of ether oxygens (including phenoxy) is 1. The average Bonchev–Trinajstić information content (AvgIpc) is 2.48. The molecule has 0 aliphatic heterocycles. The van der Waals surface area contributed by atoms with Gasteiger partial charge in [-0.1, -0.05) is 30.3 Å². The summed E-state index contributed by atoms with van der Waals surface area (Å²) >= 11 is 0. The van der Waals surface area contributed by atoms with Crippen molar-refractivity contribution in [2.24, 2.45) is 0 Å². The number of anilines is 2. The zero-order chi connectivity index (χ0) is 13.5. The summed E-state index contributed by atoms with van der Waals surface area (Å²) in [5.74, 6) is 0.907. The van der Waals surface area contributed by atoms with Gasteiger partial charge in [0.2, 0.25) is 0 Å². The summed E-state index contributed by atoms with van der Waals surface area (Å²) in [6.45, 7) is 1.80. The number of nitrogens with zero attached hydrogens (tertiary/aromatic N) is 1. The van der Waals surface area contributed by atoms with E-state index in [0.717, 1.165) is 30.2 Å². The molecule has 0 radical (unpaired) electrons. The number of hydrogen-bond acceptors (Lipinski definition) is 3. The van der Waals surface area contributed by atoms with Gasteiger partial charge >= 0.3 is 0 Å². The largest absolute Gasteiger partial charge is 0.495 e. The van der Waals surface area contributed by atoms with E-state index in [0.29, 0.717) is 0 Å². The molecule has 0 spiro atoms. The lowest BCUT2D eigenvalue weighted by Crippen LogP contribution is -2.25. The third-order valence-electron chi connectivity index (χ3n) is 3.05. The molecule has 0 aliphatic rings. The number of para-hydroxylation sites is 3. The monoisotopic (exact) mass is 256 g/mol. The van der Waals surface area contributed by atoms with Crippen LogP contribution in [0.1, 0.15) is 0 Å². The Morgan fingerprint density at radius 2 is 1.68 bits per heavy atom. The topological polar surface area (TPSA) is 24.5 Å². The molecular formula is C16H20N2O. The summed E-state index contributed by atoms with van der Waals surface area (Å²) in [4.78, 5) is 2.19. The van der Waals surface area contributed by atoms with Crippen molar-refractivity contribution in [3.8, 4) is 5.75 Å². The van der Waals surface area contributed by atoms with Gasteiger partial charge < -0.3 is 15.0 Å². The van der Waals surface area contributed by atoms with Gasteiger partial charge in [0.25, 0.3) is 0 Å². The van der Waals surface area contributed by atoms with E-state index in [1.54, 1.807) is 7.11 Å². The molecule has 0 saturated carbocycles. The molecule has 0 bridgehead atoms. The van der Waals surface area contributed by atoms with Crippen molar-refractivity contribution in [1.29, 1.82) is 0 Å². The molecule has 0 fully saturated rings. The molecule has 0 atom stereocenters. The summed E-state index contributed by atoms with van der Waals surface area (Å²) in [6, 6.07) is 18.3. The van der Waals surface area contributed by atoms with Crippen LogP contribution in [0.2, 0.25) is 0 Å². The zero-order valence-corrected chi connectivity index (χ0v) is 11.5. The Bertz CT molecular complexity index is 499. The first kappa shape index (κ1) is 13.3. The molecule has 0 saturated heterocycles. The van der Waals surface area contributed by atoms with Crippen molar-refractivity contribution in [3.63, 3.8) is 0 Å². The lowest BCUT2D eigenvalue weighted by Gasteiger charge is -2.22. The molecule has 0 aromatic heterocycles. The highest BCUT2D eigenvalue weighted by Gasteiger charge is 2.06. The van der Waals surface area contributed by atoms with Gasteiger partial charge in [-0.25, -0.2) is 0 Å². The Labute approximate surface area is 114 Å². The summed E-state index contributed by atoms with van der Waals surface area (Å²) in [6.07, 6.45) is 0. The van der Waals surface area contributed by atoms with Crippen molar-refractivity contribution >= 4 is 11.4 Å². The summed E-state index contributed by atoms with van der Waals surface area (Å²) in [5, 5.41) is 3.40. The fourth-order valence-corrected chi connectivity index (χ4v) is 1.99. The van der Waals surface area contributed by atoms with Gasteiger partial charge in [0.05, 0.1) is 12.8 Å². The van der Waals surface area contributed by atoms with Crippen molar-refractivity contribution in [1.82, 2.24) is 0 Å². The maximum Gasteiger partial charge on any atom is 0.142 e. The minimum absolute atomic E-state index is 0.887. The van der Waals surface area contributed by atoms with Crippen LogP contribution in [0.4, 0.5) is 11.4 Å². The summed E-state index contributed by atoms with van der Waals surface area (Å²) in [5.41, 5.74) is 2.26. The number of benzene rings is 2. The van der Waals surface area contributed by atoms with E-state index in [1.807, 2.05) is 36.4 Å². The van der Waals surface area contributed by atoms with Crippen LogP contribution in [-0.4, -0.2) is 27.2 Å². The number of rotatable bonds is 6. The first-order valence-electron chi connectivity index (χ1n) is 6.44. The van der Waals surface area contributed by atoms with Gasteiger partial charge in [0.15, 0.2) is 0 Å². The fourth-order valence-electron chi connectivity index (χ4n) is 1.99. The summed E-state index contributed by atoms with van der Waals surface area (Å²) < 4.78 is 5.37. The van der Waals surface area contributed by atoms with Crippen LogP contribution in [-0.2, 0) is 0 Å². The standard InChI is InChI=1S/C16H20N2O/c1-18(15-10-6-7-11-16(15)19-2)13-12-17-14-8-4-3-5-9-14/h3-11,17H,12-13H2,1-2H3. The first-order chi connectivity index (χ1) is 9.31. The van der Waals surface area contributed by atoms with Gasteiger partial charge in [-0.05, 0) is 24.3 Å². The normalized spacial score (nSPS) is 10.0. The van der Waals surface area contributed by atoms with Crippen LogP contribution < -0.4 is 15.0 Å². The maximum atomic E-state index is 5.37. The van der Waals surface area contributed by atoms with E-state index < -0.39 is 0 Å². The van der Waals surface area contributed by atoms with Crippen molar-refractivity contribution in [2.45, 2.75) is 0 Å². The van der Waals surface area contributed by atoms with Crippen LogP contribution >= 0.6 is 0 Å². The molecule has 1 N–H and O–H groups in total. The SMILES string of the molecule is COc1ccccc1N(C)CCNc1ccccc1. The maximum absolute atomic E-state index is 5.37. The van der Waals surface area contributed by atoms with Crippen LogP contribution in [0.25, 0.3) is 0 Å². The fraction of sp³-hybridized carbons (Fsp3) is 0.250. The van der Waals surface area contributed by atoms with Gasteiger partial charge in [0, 0.05) is 25.8 Å². The predicted molar refractivity (Wildman–Crippen MR) is 81.2 cm³/mol. The number of hydrogen-bond donors (Lipinski definition) is 1. The van der Waals surface area contributed by atoms with E-state index in [4.69, 9.17) is 4.74 Å². The van der Waals surface area contributed by atoms with E-state index >= 15 is 0 Å². The molecule has 0 unspecified atom stereocenters. The number of methoxy groups -OCH3 is 1. The highest BCUT2D eigenvalue weighted by Crippen LogP contribution is 2.26. The molecule has 0 aliphatic carbocycles. The lowest BCUT2D eigenvalue weighted by molar-refractivity contribution is 0.415. The lowest BCUT2D eigenvalue weighted by atomic mass is 10.2. The first-order valence-corrected chi connectivity index (χ1v) is 6.44. The highest BCUT2D eigenvalue weighted by molar-refractivity contribution is 5.58. The van der Waals surface area contributed by atoms with E-state index in [1.165, 1.54) is 0 Å². The molecule has 2 aromatic rings. The Morgan fingerprint density at radius 1 is 1.00 bits per heavy atom.